The molecule has 0 aliphatic carbocycles. The molecule has 2 aromatic heterocycles. The summed E-state index contributed by atoms with van der Waals surface area (Å²) in [4.78, 5) is 11.1. The monoisotopic (exact) mass is 321 g/mol. The molecular weight excluding hydrogens is 313 g/mol. The highest BCUT2D eigenvalue weighted by atomic mass is 35.5. The van der Waals surface area contributed by atoms with E-state index in [0.717, 1.165) is 0 Å². The molecule has 0 unspecified atom stereocenters. The van der Waals surface area contributed by atoms with Crippen molar-refractivity contribution in [3.63, 3.8) is 0 Å². The van der Waals surface area contributed by atoms with E-state index in [0.29, 0.717) is 32.6 Å². The number of rotatable bonds is 2. The van der Waals surface area contributed by atoms with E-state index in [1.165, 1.54) is 6.07 Å². The zero-order valence-corrected chi connectivity index (χ0v) is 12.0. The lowest BCUT2D eigenvalue weighted by Gasteiger charge is -2.06. The van der Waals surface area contributed by atoms with Crippen LogP contribution in [-0.2, 0) is 0 Å². The zero-order chi connectivity index (χ0) is 15.0. The number of hydrogen-bond donors (Lipinski definition) is 3. The standard InChI is InChI=1S/C13H9Cl2N5O/c14-6-1-2-7(8(15)5-6)11-12(19-20-13(11)16)9-3-4-10(21)18-17-9/h1-5H,(H,18,21)(H3,16,19,20). The number of hydrogen-bond acceptors (Lipinski definition) is 4. The van der Waals surface area contributed by atoms with Gasteiger partial charge in [-0.15, -0.1) is 0 Å². The molecule has 4 N–H and O–H groups in total. The fraction of sp³-hybridized carbons (Fsp3) is 0. The normalized spacial score (nSPS) is 10.8. The van der Waals surface area contributed by atoms with E-state index in [2.05, 4.69) is 20.4 Å². The first-order valence-electron chi connectivity index (χ1n) is 5.91. The van der Waals surface area contributed by atoms with Crippen LogP contribution in [0.5, 0.6) is 0 Å². The summed E-state index contributed by atoms with van der Waals surface area (Å²) >= 11 is 12.1. The van der Waals surface area contributed by atoms with Crippen LogP contribution in [0.1, 0.15) is 0 Å². The van der Waals surface area contributed by atoms with Gasteiger partial charge in [-0.1, -0.05) is 29.3 Å². The van der Waals surface area contributed by atoms with Crippen molar-refractivity contribution < 1.29 is 0 Å². The van der Waals surface area contributed by atoms with Gasteiger partial charge in [-0.3, -0.25) is 9.89 Å². The van der Waals surface area contributed by atoms with Crippen molar-refractivity contribution >= 4 is 29.0 Å². The molecule has 3 aromatic rings. The molecule has 0 saturated heterocycles. The van der Waals surface area contributed by atoms with Crippen LogP contribution >= 0.6 is 23.2 Å². The second-order valence-electron chi connectivity index (χ2n) is 4.29. The number of nitrogens with zero attached hydrogens (tertiary/aromatic N) is 2. The van der Waals surface area contributed by atoms with Crippen molar-refractivity contribution in [2.45, 2.75) is 0 Å². The molecule has 106 valence electrons. The predicted molar refractivity (Wildman–Crippen MR) is 82.3 cm³/mol. The highest BCUT2D eigenvalue weighted by Crippen LogP contribution is 2.38. The van der Waals surface area contributed by atoms with Gasteiger partial charge in [0.05, 0.1) is 16.3 Å². The Morgan fingerprint density at radius 2 is 1.86 bits per heavy atom. The Hall–Kier alpha value is -2.31. The quantitative estimate of drug-likeness (QED) is 0.675. The fourth-order valence-corrected chi connectivity index (χ4v) is 2.49. The average molecular weight is 322 g/mol. The molecule has 0 aliphatic rings. The first-order chi connectivity index (χ1) is 10.1. The number of benzene rings is 1. The minimum absolute atomic E-state index is 0.280. The van der Waals surface area contributed by atoms with E-state index in [4.69, 9.17) is 28.9 Å². The van der Waals surface area contributed by atoms with Crippen LogP contribution in [0.25, 0.3) is 22.5 Å². The maximum atomic E-state index is 11.1. The van der Waals surface area contributed by atoms with Crippen LogP contribution < -0.4 is 11.3 Å². The van der Waals surface area contributed by atoms with E-state index in [-0.39, 0.29) is 11.4 Å². The number of aromatic amines is 2. The maximum Gasteiger partial charge on any atom is 0.264 e. The zero-order valence-electron chi connectivity index (χ0n) is 10.5. The van der Waals surface area contributed by atoms with Crippen LogP contribution in [0.2, 0.25) is 10.0 Å². The molecule has 2 heterocycles. The first-order valence-corrected chi connectivity index (χ1v) is 6.67. The summed E-state index contributed by atoms with van der Waals surface area (Å²) in [5, 5.41) is 14.1. The van der Waals surface area contributed by atoms with Crippen molar-refractivity contribution in [3.8, 4) is 22.5 Å². The number of halogens is 2. The Labute approximate surface area is 128 Å². The van der Waals surface area contributed by atoms with E-state index in [9.17, 15) is 4.79 Å². The Balaban J connectivity index is 2.21. The molecule has 0 aliphatic heterocycles. The number of aromatic nitrogens is 4. The molecule has 0 spiro atoms. The molecule has 0 atom stereocenters. The molecule has 0 radical (unpaired) electrons. The number of nitrogens with one attached hydrogen (secondary N) is 2. The molecule has 0 saturated carbocycles. The molecule has 1 aromatic carbocycles. The molecule has 0 fully saturated rings. The number of anilines is 1. The largest absolute Gasteiger partial charge is 0.382 e. The second kappa shape index (κ2) is 5.23. The van der Waals surface area contributed by atoms with E-state index >= 15 is 0 Å². The molecule has 0 bridgehead atoms. The summed E-state index contributed by atoms with van der Waals surface area (Å²) in [6.07, 6.45) is 0. The van der Waals surface area contributed by atoms with Crippen LogP contribution in [0.15, 0.2) is 35.1 Å². The lowest BCUT2D eigenvalue weighted by atomic mass is 10.0. The van der Waals surface area contributed by atoms with E-state index < -0.39 is 0 Å². The van der Waals surface area contributed by atoms with Crippen molar-refractivity contribution in [1.29, 1.82) is 0 Å². The molecular formula is C13H9Cl2N5O. The predicted octanol–water partition coefficient (Wildman–Crippen LogP) is 2.72. The maximum absolute atomic E-state index is 11.1. The molecule has 3 rings (SSSR count). The van der Waals surface area contributed by atoms with Gasteiger partial charge in [0.2, 0.25) is 0 Å². The van der Waals surface area contributed by atoms with Crippen molar-refractivity contribution in [1.82, 2.24) is 20.4 Å². The Bertz CT molecular complexity index is 851. The Kier molecular flexibility index (Phi) is 3.40. The van der Waals surface area contributed by atoms with Gasteiger partial charge in [-0.05, 0) is 18.2 Å². The third kappa shape index (κ3) is 2.51. The van der Waals surface area contributed by atoms with E-state index in [1.807, 2.05) is 0 Å². The molecule has 21 heavy (non-hydrogen) atoms. The number of nitrogen functional groups attached to an aromatic ring is 1. The van der Waals surface area contributed by atoms with Crippen LogP contribution in [0, 0.1) is 0 Å². The van der Waals surface area contributed by atoms with Crippen molar-refractivity contribution in [3.05, 3.63) is 50.7 Å². The topological polar surface area (TPSA) is 100 Å². The summed E-state index contributed by atoms with van der Waals surface area (Å²) in [7, 11) is 0. The van der Waals surface area contributed by atoms with Gasteiger partial charge in [-0.25, -0.2) is 5.10 Å². The van der Waals surface area contributed by atoms with Crippen LogP contribution in [0.4, 0.5) is 5.82 Å². The Morgan fingerprint density at radius 3 is 2.52 bits per heavy atom. The van der Waals surface area contributed by atoms with Gasteiger partial charge in [0.1, 0.15) is 5.69 Å². The smallest absolute Gasteiger partial charge is 0.264 e. The van der Waals surface area contributed by atoms with Crippen LogP contribution in [-0.4, -0.2) is 20.4 Å². The molecule has 8 heteroatoms. The second-order valence-corrected chi connectivity index (χ2v) is 5.13. The van der Waals surface area contributed by atoms with Crippen molar-refractivity contribution in [2.24, 2.45) is 0 Å². The van der Waals surface area contributed by atoms with Gasteiger partial charge in [0, 0.05) is 16.7 Å². The van der Waals surface area contributed by atoms with Crippen LogP contribution in [0.3, 0.4) is 0 Å². The minimum Gasteiger partial charge on any atom is -0.382 e. The number of H-pyrrole nitrogens is 2. The summed E-state index contributed by atoms with van der Waals surface area (Å²) in [6, 6.07) is 8.01. The summed E-state index contributed by atoms with van der Waals surface area (Å²) in [5.74, 6) is 0.280. The van der Waals surface area contributed by atoms with Gasteiger partial charge in [0.15, 0.2) is 5.82 Å². The van der Waals surface area contributed by atoms with Gasteiger partial charge in [0.25, 0.3) is 5.56 Å². The van der Waals surface area contributed by atoms with E-state index in [1.54, 1.807) is 24.3 Å². The van der Waals surface area contributed by atoms with Gasteiger partial charge < -0.3 is 5.73 Å². The summed E-state index contributed by atoms with van der Waals surface area (Å²) < 4.78 is 0. The minimum atomic E-state index is -0.294. The highest BCUT2D eigenvalue weighted by Gasteiger charge is 2.18. The first kappa shape index (κ1) is 13.7. The van der Waals surface area contributed by atoms with Gasteiger partial charge >= 0.3 is 0 Å². The third-order valence-corrected chi connectivity index (χ3v) is 3.48. The lowest BCUT2D eigenvalue weighted by Crippen LogP contribution is -2.06. The number of nitrogens with two attached hydrogens (primary N) is 1. The summed E-state index contributed by atoms with van der Waals surface area (Å²) in [5.41, 5.74) is 7.97. The van der Waals surface area contributed by atoms with Crippen molar-refractivity contribution in [2.75, 3.05) is 5.73 Å². The lowest BCUT2D eigenvalue weighted by molar-refractivity contribution is 0.982. The average Bonchev–Trinajstić information content (AvgIpc) is 2.82. The van der Waals surface area contributed by atoms with Gasteiger partial charge in [-0.2, -0.15) is 10.2 Å². The molecule has 0 amide bonds. The SMILES string of the molecule is Nc1n[nH]c(-c2ccc(=O)[nH]n2)c1-c1ccc(Cl)cc1Cl. The highest BCUT2D eigenvalue weighted by molar-refractivity contribution is 6.36. The fourth-order valence-electron chi connectivity index (χ4n) is 1.99. The summed E-state index contributed by atoms with van der Waals surface area (Å²) in [6.45, 7) is 0. The third-order valence-electron chi connectivity index (χ3n) is 2.93. The molecule has 6 nitrogen and oxygen atoms in total. The Morgan fingerprint density at radius 1 is 1.05 bits per heavy atom.